The molecule has 0 aliphatic heterocycles. The molecule has 3 aromatic heterocycles. The van der Waals surface area contributed by atoms with Crippen LogP contribution in [0.1, 0.15) is 21.5 Å². The number of pyridine rings is 2. The van der Waals surface area contributed by atoms with E-state index < -0.39 is 12.6 Å². The first-order chi connectivity index (χ1) is 15.1. The van der Waals surface area contributed by atoms with Crippen LogP contribution in [0.5, 0.6) is 0 Å². The van der Waals surface area contributed by atoms with Crippen molar-refractivity contribution in [2.45, 2.75) is 13.2 Å². The first kappa shape index (κ1) is 18.8. The van der Waals surface area contributed by atoms with Crippen LogP contribution in [0.4, 0.5) is 4.39 Å². The zero-order chi connectivity index (χ0) is 21.4. The molecular formula is C23H17FN6O. The summed E-state index contributed by atoms with van der Waals surface area (Å²) in [6, 6.07) is 18.4. The summed E-state index contributed by atoms with van der Waals surface area (Å²) in [4.78, 5) is 20.5. The summed E-state index contributed by atoms with van der Waals surface area (Å²) in [5, 5.41) is 9.49. The Morgan fingerprint density at radius 2 is 1.90 bits per heavy atom. The van der Waals surface area contributed by atoms with E-state index in [2.05, 4.69) is 21.4 Å². The topological polar surface area (TPSA) is 99.6 Å². The third kappa shape index (κ3) is 3.48. The molecule has 0 saturated carbocycles. The molecule has 2 aromatic carbocycles. The number of hydrogen-bond acceptors (Lipinski definition) is 5. The number of aromatic nitrogens is 5. The number of halogens is 1. The number of fused-ring (bicyclic) bond motifs is 2. The van der Waals surface area contributed by atoms with Gasteiger partial charge in [-0.3, -0.25) is 9.78 Å². The minimum atomic E-state index is -0.787. The monoisotopic (exact) mass is 412 g/mol. The third-order valence-corrected chi connectivity index (χ3v) is 5.17. The lowest BCUT2D eigenvalue weighted by atomic mass is 10.0. The molecular weight excluding hydrogens is 395 g/mol. The quantitative estimate of drug-likeness (QED) is 0.475. The average molecular weight is 412 g/mol. The van der Waals surface area contributed by atoms with E-state index in [-0.39, 0.29) is 11.1 Å². The van der Waals surface area contributed by atoms with E-state index in [1.54, 1.807) is 29.1 Å². The van der Waals surface area contributed by atoms with Gasteiger partial charge < -0.3 is 5.73 Å². The maximum atomic E-state index is 13.4. The largest absolute Gasteiger partial charge is 0.366 e. The Balaban J connectivity index is 1.53. The second-order valence-corrected chi connectivity index (χ2v) is 7.19. The highest BCUT2D eigenvalue weighted by Gasteiger charge is 2.13. The number of carbonyl (C=O) groups is 1. The molecule has 0 aliphatic carbocycles. The van der Waals surface area contributed by atoms with Crippen LogP contribution in [0, 0.1) is 0 Å². The lowest BCUT2D eigenvalue weighted by molar-refractivity contribution is 0.0998. The molecule has 0 radical (unpaired) electrons. The number of nitrogens with two attached hydrogens (primary N) is 1. The van der Waals surface area contributed by atoms with Crippen molar-refractivity contribution >= 4 is 28.0 Å². The predicted molar refractivity (Wildman–Crippen MR) is 115 cm³/mol. The van der Waals surface area contributed by atoms with E-state index in [9.17, 15) is 9.18 Å². The summed E-state index contributed by atoms with van der Waals surface area (Å²) < 4.78 is 15.1. The Hall–Kier alpha value is -4.20. The maximum Gasteiger partial charge on any atom is 0.249 e. The molecule has 1 amide bonds. The van der Waals surface area contributed by atoms with Crippen molar-refractivity contribution in [1.82, 2.24) is 25.0 Å². The average Bonchev–Trinajstić information content (AvgIpc) is 3.20. The second-order valence-electron chi connectivity index (χ2n) is 7.19. The van der Waals surface area contributed by atoms with Crippen molar-refractivity contribution in [1.29, 1.82) is 0 Å². The lowest BCUT2D eigenvalue weighted by Crippen LogP contribution is -2.13. The number of rotatable bonds is 5. The Labute approximate surface area is 176 Å². The molecule has 0 saturated heterocycles. The Morgan fingerprint density at radius 3 is 2.74 bits per heavy atom. The molecule has 0 fully saturated rings. The Bertz CT molecular complexity index is 1450. The van der Waals surface area contributed by atoms with Crippen LogP contribution in [-0.2, 0) is 13.2 Å². The van der Waals surface area contributed by atoms with Crippen LogP contribution in [-0.4, -0.2) is 30.9 Å². The molecule has 7 nitrogen and oxygen atoms in total. The Morgan fingerprint density at radius 1 is 1.03 bits per heavy atom. The molecule has 152 valence electrons. The van der Waals surface area contributed by atoms with Crippen molar-refractivity contribution in [3.8, 4) is 11.3 Å². The third-order valence-electron chi connectivity index (χ3n) is 5.17. The molecule has 5 aromatic rings. The SMILES string of the molecule is NC(=O)c1ccc(-c2ccc3nnn(Cc4ccc5ncccc5c4)c3n2)cc1CF. The fraction of sp³-hybridized carbons (Fsp3) is 0.0870. The second kappa shape index (κ2) is 7.56. The van der Waals surface area contributed by atoms with Crippen LogP contribution in [0.2, 0.25) is 0 Å². The molecule has 0 aliphatic rings. The molecule has 31 heavy (non-hydrogen) atoms. The van der Waals surface area contributed by atoms with Gasteiger partial charge in [0, 0.05) is 22.7 Å². The molecule has 0 spiro atoms. The summed E-state index contributed by atoms with van der Waals surface area (Å²) in [7, 11) is 0. The molecule has 0 bridgehead atoms. The number of nitrogens with zero attached hydrogens (tertiary/aromatic N) is 5. The maximum absolute atomic E-state index is 13.4. The number of primary amides is 1. The summed E-state index contributed by atoms with van der Waals surface area (Å²) in [5.74, 6) is -0.657. The highest BCUT2D eigenvalue weighted by molar-refractivity contribution is 5.95. The molecule has 2 N–H and O–H groups in total. The number of amides is 1. The smallest absolute Gasteiger partial charge is 0.249 e. The van der Waals surface area contributed by atoms with Crippen molar-refractivity contribution in [3.63, 3.8) is 0 Å². The molecule has 8 heteroatoms. The fourth-order valence-corrected chi connectivity index (χ4v) is 3.62. The molecule has 5 rings (SSSR count). The zero-order valence-corrected chi connectivity index (χ0v) is 16.4. The number of benzene rings is 2. The first-order valence-electron chi connectivity index (χ1n) is 9.65. The Kier molecular flexibility index (Phi) is 4.59. The van der Waals surface area contributed by atoms with Gasteiger partial charge in [-0.1, -0.05) is 23.4 Å². The normalized spacial score (nSPS) is 11.3. The summed E-state index contributed by atoms with van der Waals surface area (Å²) in [6.45, 7) is -0.293. The van der Waals surface area contributed by atoms with Crippen LogP contribution in [0.3, 0.4) is 0 Å². The van der Waals surface area contributed by atoms with E-state index in [1.165, 1.54) is 6.07 Å². The predicted octanol–water partition coefficient (Wildman–Crippen LogP) is 3.66. The highest BCUT2D eigenvalue weighted by atomic mass is 19.1. The van der Waals surface area contributed by atoms with Gasteiger partial charge in [-0.25, -0.2) is 14.1 Å². The number of alkyl halides is 1. The van der Waals surface area contributed by atoms with Gasteiger partial charge in [0.25, 0.3) is 0 Å². The molecule has 0 atom stereocenters. The van der Waals surface area contributed by atoms with Crippen molar-refractivity contribution in [2.75, 3.05) is 0 Å². The summed E-state index contributed by atoms with van der Waals surface area (Å²) >= 11 is 0. The van der Waals surface area contributed by atoms with E-state index in [1.807, 2.05) is 30.3 Å². The minimum Gasteiger partial charge on any atom is -0.366 e. The molecule has 3 heterocycles. The number of carbonyl (C=O) groups excluding carboxylic acids is 1. The molecule has 0 unspecified atom stereocenters. The van der Waals surface area contributed by atoms with Gasteiger partial charge in [0.05, 0.1) is 17.8 Å². The number of hydrogen-bond donors (Lipinski definition) is 1. The minimum absolute atomic E-state index is 0.171. The highest BCUT2D eigenvalue weighted by Crippen LogP contribution is 2.24. The van der Waals surface area contributed by atoms with Gasteiger partial charge in [0.15, 0.2) is 5.65 Å². The van der Waals surface area contributed by atoms with E-state index >= 15 is 0 Å². The van der Waals surface area contributed by atoms with Gasteiger partial charge in [-0.05, 0) is 53.6 Å². The lowest BCUT2D eigenvalue weighted by Gasteiger charge is -2.08. The summed E-state index contributed by atoms with van der Waals surface area (Å²) in [6.07, 6.45) is 1.77. The standard InChI is InChI=1S/C23H17FN6O/c24-12-17-11-16(4-5-18(17)22(25)31)20-7-8-21-23(27-20)30(29-28-21)13-14-3-6-19-15(10-14)2-1-9-26-19/h1-11H,12-13H2,(H2,25,31). The van der Waals surface area contributed by atoms with Crippen molar-refractivity contribution in [3.05, 3.63) is 83.6 Å². The van der Waals surface area contributed by atoms with E-state index in [0.29, 0.717) is 29.0 Å². The summed E-state index contributed by atoms with van der Waals surface area (Å²) in [5.41, 5.74) is 10.3. The van der Waals surface area contributed by atoms with Crippen LogP contribution in [0.25, 0.3) is 33.3 Å². The van der Waals surface area contributed by atoms with Gasteiger partial charge in [-0.15, -0.1) is 5.10 Å². The van der Waals surface area contributed by atoms with Gasteiger partial charge in [-0.2, -0.15) is 0 Å². The van der Waals surface area contributed by atoms with E-state index in [0.717, 1.165) is 16.5 Å². The van der Waals surface area contributed by atoms with Crippen LogP contribution >= 0.6 is 0 Å². The zero-order valence-electron chi connectivity index (χ0n) is 16.4. The van der Waals surface area contributed by atoms with Gasteiger partial charge in [0.2, 0.25) is 5.91 Å². The van der Waals surface area contributed by atoms with Gasteiger partial charge in [0.1, 0.15) is 12.2 Å². The van der Waals surface area contributed by atoms with Crippen molar-refractivity contribution in [2.24, 2.45) is 5.73 Å². The van der Waals surface area contributed by atoms with Crippen LogP contribution in [0.15, 0.2) is 66.9 Å². The van der Waals surface area contributed by atoms with Crippen LogP contribution < -0.4 is 5.73 Å². The van der Waals surface area contributed by atoms with Crippen molar-refractivity contribution < 1.29 is 9.18 Å². The fourth-order valence-electron chi connectivity index (χ4n) is 3.62. The first-order valence-corrected chi connectivity index (χ1v) is 9.65. The van der Waals surface area contributed by atoms with Gasteiger partial charge >= 0.3 is 0 Å². The van der Waals surface area contributed by atoms with E-state index in [4.69, 9.17) is 10.7 Å².